The molecular formula is C12H17ClN8. The molecule has 21 heavy (non-hydrogen) atoms. The highest BCUT2D eigenvalue weighted by Crippen LogP contribution is 2.18. The van der Waals surface area contributed by atoms with Gasteiger partial charge in [0, 0.05) is 19.6 Å². The average molecular weight is 309 g/mol. The molecule has 1 unspecified atom stereocenters. The minimum absolute atomic E-state index is 0.150. The molecule has 0 saturated carbocycles. The van der Waals surface area contributed by atoms with Gasteiger partial charge in [-0.3, -0.25) is 0 Å². The van der Waals surface area contributed by atoms with E-state index in [1.165, 1.54) is 30.2 Å². The first-order chi connectivity index (χ1) is 10.1. The summed E-state index contributed by atoms with van der Waals surface area (Å²) in [7, 11) is 4.11. The summed E-state index contributed by atoms with van der Waals surface area (Å²) >= 11 is 6.00. The van der Waals surface area contributed by atoms with Gasteiger partial charge in [0.15, 0.2) is 0 Å². The lowest BCUT2D eigenvalue weighted by molar-refractivity contribution is 0.313. The Hall–Kier alpha value is -1.80. The minimum Gasteiger partial charge on any atom is -0.342 e. The largest absolute Gasteiger partial charge is 0.342 e. The third kappa shape index (κ3) is 3.11. The molecule has 0 radical (unpaired) electrons. The van der Waals surface area contributed by atoms with Crippen molar-refractivity contribution in [3.63, 3.8) is 0 Å². The molecule has 0 spiro atoms. The van der Waals surface area contributed by atoms with Crippen molar-refractivity contribution < 1.29 is 0 Å². The van der Waals surface area contributed by atoms with Crippen LogP contribution in [0.4, 0.5) is 5.95 Å². The summed E-state index contributed by atoms with van der Waals surface area (Å²) in [5.41, 5.74) is 0. The zero-order chi connectivity index (χ0) is 14.8. The molecule has 2 aromatic heterocycles. The van der Waals surface area contributed by atoms with Crippen LogP contribution in [0.2, 0.25) is 5.28 Å². The van der Waals surface area contributed by atoms with Gasteiger partial charge in [-0.2, -0.15) is 24.7 Å². The van der Waals surface area contributed by atoms with Crippen LogP contribution in [0.3, 0.4) is 0 Å². The van der Waals surface area contributed by atoms with Crippen LogP contribution in [0.5, 0.6) is 0 Å². The van der Waals surface area contributed by atoms with E-state index < -0.39 is 0 Å². The third-order valence-electron chi connectivity index (χ3n) is 3.71. The van der Waals surface area contributed by atoms with E-state index in [1.807, 2.05) is 11.9 Å². The summed E-state index contributed by atoms with van der Waals surface area (Å²) in [4.78, 5) is 20.9. The van der Waals surface area contributed by atoms with E-state index in [4.69, 9.17) is 11.6 Å². The van der Waals surface area contributed by atoms with E-state index >= 15 is 0 Å². The Bertz CT molecular complexity index is 601. The van der Waals surface area contributed by atoms with Crippen molar-refractivity contribution in [3.05, 3.63) is 17.9 Å². The molecule has 3 rings (SSSR count). The first kappa shape index (κ1) is 14.2. The molecule has 0 bridgehead atoms. The minimum atomic E-state index is 0.150. The topological polar surface area (TPSA) is 75.9 Å². The second-order valence-corrected chi connectivity index (χ2v) is 5.54. The Kier molecular flexibility index (Phi) is 3.98. The number of anilines is 1. The standard InChI is InChI=1S/C12H17ClN8/c1-19-5-3-4-9(19)6-20(2)11-16-10(13)17-12(18-11)21-8-14-7-15-21/h7-9H,3-6H2,1-2H3. The molecule has 1 saturated heterocycles. The van der Waals surface area contributed by atoms with Gasteiger partial charge in [-0.15, -0.1) is 0 Å². The summed E-state index contributed by atoms with van der Waals surface area (Å²) in [5.74, 6) is 0.912. The van der Waals surface area contributed by atoms with Gasteiger partial charge in [0.1, 0.15) is 12.7 Å². The zero-order valence-corrected chi connectivity index (χ0v) is 12.8. The summed E-state index contributed by atoms with van der Waals surface area (Å²) in [6.07, 6.45) is 5.38. The van der Waals surface area contributed by atoms with Crippen molar-refractivity contribution in [2.24, 2.45) is 0 Å². The number of likely N-dealkylation sites (tertiary alicyclic amines) is 1. The Balaban J connectivity index is 1.81. The first-order valence-corrected chi connectivity index (χ1v) is 7.19. The molecular weight excluding hydrogens is 292 g/mol. The second kappa shape index (κ2) is 5.90. The van der Waals surface area contributed by atoms with Crippen LogP contribution in [-0.4, -0.2) is 67.8 Å². The second-order valence-electron chi connectivity index (χ2n) is 5.20. The zero-order valence-electron chi connectivity index (χ0n) is 12.0. The molecule has 112 valence electrons. The van der Waals surface area contributed by atoms with Gasteiger partial charge in [-0.05, 0) is 38.0 Å². The predicted octanol–water partition coefficient (Wildman–Crippen LogP) is 0.636. The van der Waals surface area contributed by atoms with Crippen molar-refractivity contribution in [1.29, 1.82) is 0 Å². The van der Waals surface area contributed by atoms with Crippen molar-refractivity contribution >= 4 is 17.5 Å². The highest BCUT2D eigenvalue weighted by molar-refractivity contribution is 6.28. The van der Waals surface area contributed by atoms with Crippen LogP contribution in [0.15, 0.2) is 12.7 Å². The summed E-state index contributed by atoms with van der Waals surface area (Å²) in [6, 6.07) is 0.514. The molecule has 8 nitrogen and oxygen atoms in total. The molecule has 1 fully saturated rings. The Morgan fingerprint density at radius 1 is 1.38 bits per heavy atom. The van der Waals surface area contributed by atoms with Gasteiger partial charge in [-0.1, -0.05) is 0 Å². The van der Waals surface area contributed by atoms with E-state index in [1.54, 1.807) is 0 Å². The van der Waals surface area contributed by atoms with E-state index in [0.717, 1.165) is 13.1 Å². The van der Waals surface area contributed by atoms with Crippen LogP contribution < -0.4 is 4.90 Å². The molecule has 0 N–H and O–H groups in total. The van der Waals surface area contributed by atoms with Gasteiger partial charge in [0.25, 0.3) is 5.95 Å². The van der Waals surface area contributed by atoms with Crippen LogP contribution in [0.1, 0.15) is 12.8 Å². The summed E-state index contributed by atoms with van der Waals surface area (Å²) < 4.78 is 1.46. The lowest BCUT2D eigenvalue weighted by Gasteiger charge is -2.25. The maximum Gasteiger partial charge on any atom is 0.258 e. The average Bonchev–Trinajstić information content (AvgIpc) is 3.11. The highest BCUT2D eigenvalue weighted by atomic mass is 35.5. The predicted molar refractivity (Wildman–Crippen MR) is 78.7 cm³/mol. The molecule has 0 aliphatic carbocycles. The Morgan fingerprint density at radius 2 is 2.24 bits per heavy atom. The number of hydrogen-bond acceptors (Lipinski definition) is 7. The molecule has 1 atom stereocenters. The first-order valence-electron chi connectivity index (χ1n) is 6.81. The van der Waals surface area contributed by atoms with Gasteiger partial charge in [-0.25, -0.2) is 4.98 Å². The van der Waals surface area contributed by atoms with Crippen molar-refractivity contribution in [2.45, 2.75) is 18.9 Å². The lowest BCUT2D eigenvalue weighted by atomic mass is 10.2. The Labute approximate surface area is 127 Å². The third-order valence-corrected chi connectivity index (χ3v) is 3.87. The van der Waals surface area contributed by atoms with E-state index in [9.17, 15) is 0 Å². The normalized spacial score (nSPS) is 19.1. The molecule has 1 aliphatic heterocycles. The van der Waals surface area contributed by atoms with Crippen LogP contribution in [-0.2, 0) is 0 Å². The molecule has 3 heterocycles. The van der Waals surface area contributed by atoms with Crippen LogP contribution in [0, 0.1) is 0 Å². The highest BCUT2D eigenvalue weighted by Gasteiger charge is 2.23. The van der Waals surface area contributed by atoms with Crippen molar-refractivity contribution in [1.82, 2.24) is 34.6 Å². The number of rotatable bonds is 4. The van der Waals surface area contributed by atoms with Crippen molar-refractivity contribution in [2.75, 3.05) is 32.1 Å². The summed E-state index contributed by atoms with van der Waals surface area (Å²) in [5, 5.41) is 4.16. The van der Waals surface area contributed by atoms with Gasteiger partial charge < -0.3 is 9.80 Å². The molecule has 2 aromatic rings. The Morgan fingerprint density at radius 3 is 2.90 bits per heavy atom. The number of halogens is 1. The van der Waals surface area contributed by atoms with Crippen molar-refractivity contribution in [3.8, 4) is 5.95 Å². The number of likely N-dealkylation sites (N-methyl/N-ethyl adjacent to an activating group) is 2. The number of aromatic nitrogens is 6. The quantitative estimate of drug-likeness (QED) is 0.820. The molecule has 9 heteroatoms. The number of nitrogens with zero attached hydrogens (tertiary/aromatic N) is 8. The maximum absolute atomic E-state index is 6.00. The monoisotopic (exact) mass is 308 g/mol. The van der Waals surface area contributed by atoms with E-state index in [0.29, 0.717) is 17.9 Å². The lowest BCUT2D eigenvalue weighted by Crippen LogP contribution is -2.37. The maximum atomic E-state index is 6.00. The fraction of sp³-hybridized carbons (Fsp3) is 0.583. The van der Waals surface area contributed by atoms with Gasteiger partial charge >= 0.3 is 0 Å². The smallest absolute Gasteiger partial charge is 0.258 e. The summed E-state index contributed by atoms with van der Waals surface area (Å²) in [6.45, 7) is 1.99. The van der Waals surface area contributed by atoms with Gasteiger partial charge in [0.2, 0.25) is 11.2 Å². The SMILES string of the molecule is CN(CC1CCCN1C)c1nc(Cl)nc(-n2cncn2)n1. The van der Waals surface area contributed by atoms with Crippen LogP contribution >= 0.6 is 11.6 Å². The fourth-order valence-corrected chi connectivity index (χ4v) is 2.67. The van der Waals surface area contributed by atoms with Gasteiger partial charge in [0.05, 0.1) is 0 Å². The van der Waals surface area contributed by atoms with E-state index in [2.05, 4.69) is 37.0 Å². The molecule has 0 amide bonds. The number of hydrogen-bond donors (Lipinski definition) is 0. The molecule has 1 aliphatic rings. The van der Waals surface area contributed by atoms with Crippen LogP contribution in [0.25, 0.3) is 5.95 Å². The van der Waals surface area contributed by atoms with E-state index in [-0.39, 0.29) is 5.28 Å². The molecule has 0 aromatic carbocycles. The fourth-order valence-electron chi connectivity index (χ4n) is 2.52.